The minimum atomic E-state index is 0.204. The maximum absolute atomic E-state index is 5.95. The molecule has 2 N–H and O–H groups in total. The molecule has 0 fully saturated rings. The maximum atomic E-state index is 5.95. The summed E-state index contributed by atoms with van der Waals surface area (Å²) in [6, 6.07) is 18.0. The first-order chi connectivity index (χ1) is 9.69. The van der Waals surface area contributed by atoms with Crippen LogP contribution >= 0.6 is 23.8 Å². The van der Waals surface area contributed by atoms with Gasteiger partial charge in [0.2, 0.25) is 0 Å². The first-order valence-corrected chi connectivity index (χ1v) is 7.35. The molecule has 0 saturated carbocycles. The molecule has 0 bridgehead atoms. The zero-order chi connectivity index (χ0) is 14.4. The number of hydrogen-bond acceptors (Lipinski definition) is 1. The van der Waals surface area contributed by atoms with E-state index in [1.165, 1.54) is 5.56 Å². The summed E-state index contributed by atoms with van der Waals surface area (Å²) < 4.78 is 0. The molecule has 2 nitrogen and oxygen atoms in total. The van der Waals surface area contributed by atoms with Crippen molar-refractivity contribution in [3.8, 4) is 0 Å². The highest BCUT2D eigenvalue weighted by Crippen LogP contribution is 2.18. The zero-order valence-corrected chi connectivity index (χ0v) is 12.8. The molecule has 0 unspecified atom stereocenters. The summed E-state index contributed by atoms with van der Waals surface area (Å²) in [7, 11) is 0. The number of rotatable bonds is 4. The summed E-state index contributed by atoms with van der Waals surface area (Å²) in [6.45, 7) is 2.13. The molecule has 20 heavy (non-hydrogen) atoms. The van der Waals surface area contributed by atoms with Gasteiger partial charge in [-0.25, -0.2) is 0 Å². The van der Waals surface area contributed by atoms with Crippen molar-refractivity contribution in [1.29, 1.82) is 0 Å². The van der Waals surface area contributed by atoms with Crippen LogP contribution in [0.1, 0.15) is 24.9 Å². The van der Waals surface area contributed by atoms with Crippen molar-refractivity contribution in [1.82, 2.24) is 5.32 Å². The van der Waals surface area contributed by atoms with Crippen LogP contribution in [-0.2, 0) is 0 Å². The van der Waals surface area contributed by atoms with Crippen molar-refractivity contribution < 1.29 is 0 Å². The van der Waals surface area contributed by atoms with E-state index in [2.05, 4.69) is 29.7 Å². The van der Waals surface area contributed by atoms with E-state index in [1.807, 2.05) is 42.5 Å². The Kier molecular flexibility index (Phi) is 5.39. The molecule has 0 aromatic heterocycles. The summed E-state index contributed by atoms with van der Waals surface area (Å²) >= 11 is 11.3. The van der Waals surface area contributed by atoms with Gasteiger partial charge in [-0.15, -0.1) is 0 Å². The Bertz CT molecular complexity index is 572. The van der Waals surface area contributed by atoms with Gasteiger partial charge in [0, 0.05) is 10.7 Å². The lowest BCUT2D eigenvalue weighted by molar-refractivity contribution is 0.629. The molecule has 0 amide bonds. The van der Waals surface area contributed by atoms with Crippen molar-refractivity contribution >= 4 is 34.6 Å². The second-order valence-corrected chi connectivity index (χ2v) is 5.33. The molecule has 1 atom stereocenters. The van der Waals surface area contributed by atoms with Gasteiger partial charge >= 0.3 is 0 Å². The largest absolute Gasteiger partial charge is 0.356 e. The van der Waals surface area contributed by atoms with Crippen LogP contribution in [0.3, 0.4) is 0 Å². The highest BCUT2D eigenvalue weighted by Gasteiger charge is 2.10. The van der Waals surface area contributed by atoms with Crippen molar-refractivity contribution in [2.24, 2.45) is 0 Å². The van der Waals surface area contributed by atoms with Crippen molar-refractivity contribution in [2.45, 2.75) is 19.4 Å². The maximum Gasteiger partial charge on any atom is 0.171 e. The van der Waals surface area contributed by atoms with E-state index < -0.39 is 0 Å². The SMILES string of the molecule is CC[C@@H](NC(=S)Nc1cccc(Cl)c1)c1ccccc1. The first-order valence-electron chi connectivity index (χ1n) is 6.57. The fraction of sp³-hybridized carbons (Fsp3) is 0.188. The number of halogens is 1. The van der Waals surface area contributed by atoms with E-state index >= 15 is 0 Å². The lowest BCUT2D eigenvalue weighted by Gasteiger charge is -2.20. The van der Waals surface area contributed by atoms with Gasteiger partial charge in [-0.05, 0) is 42.4 Å². The van der Waals surface area contributed by atoms with E-state index in [-0.39, 0.29) is 6.04 Å². The second kappa shape index (κ2) is 7.27. The van der Waals surface area contributed by atoms with E-state index in [1.54, 1.807) is 0 Å². The van der Waals surface area contributed by atoms with Crippen LogP contribution in [-0.4, -0.2) is 5.11 Å². The zero-order valence-electron chi connectivity index (χ0n) is 11.3. The molecule has 0 saturated heterocycles. The summed E-state index contributed by atoms with van der Waals surface area (Å²) in [6.07, 6.45) is 0.960. The van der Waals surface area contributed by atoms with E-state index in [0.717, 1.165) is 12.1 Å². The molecule has 4 heteroatoms. The predicted octanol–water partition coefficient (Wildman–Crippen LogP) is 4.78. The third kappa shape index (κ3) is 4.22. The number of anilines is 1. The minimum Gasteiger partial charge on any atom is -0.356 e. The quantitative estimate of drug-likeness (QED) is 0.795. The van der Waals surface area contributed by atoms with Gasteiger partial charge in [-0.2, -0.15) is 0 Å². The van der Waals surface area contributed by atoms with Crippen LogP contribution in [0.25, 0.3) is 0 Å². The van der Waals surface area contributed by atoms with Gasteiger partial charge < -0.3 is 10.6 Å². The Balaban J connectivity index is 2.00. The third-order valence-corrected chi connectivity index (χ3v) is 3.45. The van der Waals surface area contributed by atoms with Gasteiger partial charge in [-0.3, -0.25) is 0 Å². The van der Waals surface area contributed by atoms with E-state index in [4.69, 9.17) is 23.8 Å². The topological polar surface area (TPSA) is 24.1 Å². The Hall–Kier alpha value is -1.58. The van der Waals surface area contributed by atoms with Crippen LogP contribution < -0.4 is 10.6 Å². The molecular weight excluding hydrogens is 288 g/mol. The van der Waals surface area contributed by atoms with E-state index in [0.29, 0.717) is 10.1 Å². The van der Waals surface area contributed by atoms with Crippen LogP contribution in [0.4, 0.5) is 5.69 Å². The third-order valence-electron chi connectivity index (χ3n) is 3.00. The molecule has 104 valence electrons. The Morgan fingerprint density at radius 2 is 1.90 bits per heavy atom. The summed E-state index contributed by atoms with van der Waals surface area (Å²) in [5, 5.41) is 7.77. The summed E-state index contributed by atoms with van der Waals surface area (Å²) in [5.41, 5.74) is 2.11. The average Bonchev–Trinajstić information content (AvgIpc) is 2.45. The molecule has 0 aliphatic rings. The van der Waals surface area contributed by atoms with Crippen LogP contribution in [0.2, 0.25) is 5.02 Å². The summed E-state index contributed by atoms with van der Waals surface area (Å²) in [5.74, 6) is 0. The number of hydrogen-bond donors (Lipinski definition) is 2. The Morgan fingerprint density at radius 3 is 2.55 bits per heavy atom. The molecule has 2 aromatic carbocycles. The fourth-order valence-electron chi connectivity index (χ4n) is 2.00. The number of benzene rings is 2. The molecule has 2 aromatic rings. The van der Waals surface area contributed by atoms with Gasteiger partial charge in [0.1, 0.15) is 0 Å². The molecule has 0 heterocycles. The van der Waals surface area contributed by atoms with Crippen LogP contribution in [0.15, 0.2) is 54.6 Å². The van der Waals surface area contributed by atoms with Crippen LogP contribution in [0, 0.1) is 0 Å². The average molecular weight is 305 g/mol. The Morgan fingerprint density at radius 1 is 1.15 bits per heavy atom. The molecular formula is C16H17ClN2S. The fourth-order valence-corrected chi connectivity index (χ4v) is 2.45. The minimum absolute atomic E-state index is 0.204. The number of thiocarbonyl (C=S) groups is 1. The Labute approximate surface area is 130 Å². The second-order valence-electron chi connectivity index (χ2n) is 4.48. The lowest BCUT2D eigenvalue weighted by atomic mass is 10.1. The van der Waals surface area contributed by atoms with Crippen molar-refractivity contribution in [3.63, 3.8) is 0 Å². The first kappa shape index (κ1) is 14.8. The van der Waals surface area contributed by atoms with Gasteiger partial charge in [0.05, 0.1) is 6.04 Å². The monoisotopic (exact) mass is 304 g/mol. The van der Waals surface area contributed by atoms with E-state index in [9.17, 15) is 0 Å². The highest BCUT2D eigenvalue weighted by atomic mass is 35.5. The molecule has 2 rings (SSSR count). The van der Waals surface area contributed by atoms with Gasteiger partial charge in [0.25, 0.3) is 0 Å². The standard InChI is InChI=1S/C16H17ClN2S/c1-2-15(12-7-4-3-5-8-12)19-16(20)18-14-10-6-9-13(17)11-14/h3-11,15H,2H2,1H3,(H2,18,19,20)/t15-/m1/s1. The van der Waals surface area contributed by atoms with Gasteiger partial charge in [0.15, 0.2) is 5.11 Å². The summed E-state index contributed by atoms with van der Waals surface area (Å²) in [4.78, 5) is 0. The van der Waals surface area contributed by atoms with Crippen LogP contribution in [0.5, 0.6) is 0 Å². The number of nitrogens with one attached hydrogen (secondary N) is 2. The molecule has 0 aliphatic heterocycles. The lowest BCUT2D eigenvalue weighted by Crippen LogP contribution is -2.32. The van der Waals surface area contributed by atoms with Gasteiger partial charge in [-0.1, -0.05) is 54.9 Å². The van der Waals surface area contributed by atoms with Crippen molar-refractivity contribution in [3.05, 3.63) is 65.2 Å². The normalized spacial score (nSPS) is 11.7. The smallest absolute Gasteiger partial charge is 0.171 e. The molecule has 0 spiro atoms. The predicted molar refractivity (Wildman–Crippen MR) is 90.3 cm³/mol. The van der Waals surface area contributed by atoms with Crippen molar-refractivity contribution in [2.75, 3.05) is 5.32 Å². The molecule has 0 radical (unpaired) electrons. The molecule has 0 aliphatic carbocycles. The highest BCUT2D eigenvalue weighted by molar-refractivity contribution is 7.80.